The molecule has 0 radical (unpaired) electrons. The molecule has 0 aliphatic rings. The minimum absolute atomic E-state index is 0. The van der Waals surface area contributed by atoms with E-state index in [0.29, 0.717) is 18.2 Å². The molecule has 0 spiro atoms. The lowest BCUT2D eigenvalue weighted by Gasteiger charge is -2.17. The van der Waals surface area contributed by atoms with Crippen molar-refractivity contribution < 1.29 is 4.74 Å². The van der Waals surface area contributed by atoms with Gasteiger partial charge in [0, 0.05) is 28.2 Å². The van der Waals surface area contributed by atoms with Gasteiger partial charge in [0.05, 0.1) is 0 Å². The van der Waals surface area contributed by atoms with Crippen molar-refractivity contribution in [3.8, 4) is 5.75 Å². The molecule has 0 bridgehead atoms. The molecule has 0 saturated heterocycles. The summed E-state index contributed by atoms with van der Waals surface area (Å²) in [6, 6.07) is 24.0. The van der Waals surface area contributed by atoms with E-state index in [1.54, 1.807) is 0 Å². The third-order valence-corrected chi connectivity index (χ3v) is 4.72. The van der Waals surface area contributed by atoms with Crippen molar-refractivity contribution in [1.82, 2.24) is 5.32 Å². The van der Waals surface area contributed by atoms with E-state index in [1.165, 1.54) is 5.56 Å². The van der Waals surface area contributed by atoms with Crippen molar-refractivity contribution in [2.75, 3.05) is 0 Å². The lowest BCUT2D eigenvalue weighted by Crippen LogP contribution is -2.18. The molecule has 0 amide bonds. The van der Waals surface area contributed by atoms with Crippen LogP contribution in [0.1, 0.15) is 29.7 Å². The van der Waals surface area contributed by atoms with Crippen LogP contribution in [0.2, 0.25) is 10.0 Å². The SMILES string of the molecule is CC(NCc1cc(Cl)ccc1OCc1ccc(Cl)cc1)c1ccccc1.Cl. The number of halogens is 3. The Morgan fingerprint density at radius 1 is 0.889 bits per heavy atom. The Balaban J connectivity index is 0.00000261. The topological polar surface area (TPSA) is 21.3 Å². The molecular weight excluding hydrogens is 401 g/mol. The first-order valence-corrected chi connectivity index (χ1v) is 9.31. The molecule has 1 atom stereocenters. The van der Waals surface area contributed by atoms with E-state index in [0.717, 1.165) is 21.9 Å². The number of ether oxygens (including phenoxy) is 1. The third-order valence-electron chi connectivity index (χ3n) is 4.23. The molecule has 3 rings (SSSR count). The highest BCUT2D eigenvalue weighted by Gasteiger charge is 2.09. The first kappa shape index (κ1) is 21.6. The molecule has 2 nitrogen and oxygen atoms in total. The van der Waals surface area contributed by atoms with Crippen molar-refractivity contribution >= 4 is 35.6 Å². The summed E-state index contributed by atoms with van der Waals surface area (Å²) in [5, 5.41) is 4.96. The van der Waals surface area contributed by atoms with Crippen LogP contribution < -0.4 is 10.1 Å². The normalized spacial score (nSPS) is 11.5. The number of hydrogen-bond donors (Lipinski definition) is 1. The van der Waals surface area contributed by atoms with Crippen LogP contribution in [0.5, 0.6) is 5.75 Å². The predicted molar refractivity (Wildman–Crippen MR) is 116 cm³/mol. The van der Waals surface area contributed by atoms with Gasteiger partial charge in [-0.3, -0.25) is 0 Å². The van der Waals surface area contributed by atoms with Crippen molar-refractivity contribution in [3.05, 3.63) is 99.5 Å². The second-order valence-electron chi connectivity index (χ2n) is 6.18. The zero-order valence-corrected chi connectivity index (χ0v) is 17.3. The van der Waals surface area contributed by atoms with Crippen LogP contribution in [0.3, 0.4) is 0 Å². The van der Waals surface area contributed by atoms with Crippen LogP contribution in [0.25, 0.3) is 0 Å². The maximum atomic E-state index is 6.19. The highest BCUT2D eigenvalue weighted by Crippen LogP contribution is 2.25. The van der Waals surface area contributed by atoms with E-state index in [4.69, 9.17) is 27.9 Å². The summed E-state index contributed by atoms with van der Waals surface area (Å²) >= 11 is 12.1. The molecule has 0 aliphatic heterocycles. The van der Waals surface area contributed by atoms with Gasteiger partial charge >= 0.3 is 0 Å². The molecule has 0 aliphatic carbocycles. The summed E-state index contributed by atoms with van der Waals surface area (Å²) in [7, 11) is 0. The fraction of sp³-hybridized carbons (Fsp3) is 0.182. The Morgan fingerprint density at radius 3 is 2.26 bits per heavy atom. The van der Waals surface area contributed by atoms with Gasteiger partial charge in [0.2, 0.25) is 0 Å². The van der Waals surface area contributed by atoms with Gasteiger partial charge in [-0.15, -0.1) is 12.4 Å². The summed E-state index contributed by atoms with van der Waals surface area (Å²) in [6.07, 6.45) is 0. The quantitative estimate of drug-likeness (QED) is 0.450. The highest BCUT2D eigenvalue weighted by atomic mass is 35.5. The summed E-state index contributed by atoms with van der Waals surface area (Å²) in [5.41, 5.74) is 3.35. The molecular formula is C22H22Cl3NO. The molecule has 0 heterocycles. The molecule has 27 heavy (non-hydrogen) atoms. The van der Waals surface area contributed by atoms with Crippen LogP contribution >= 0.6 is 35.6 Å². The van der Waals surface area contributed by atoms with Crippen LogP contribution in [0.15, 0.2) is 72.8 Å². The minimum Gasteiger partial charge on any atom is -0.489 e. The molecule has 0 fully saturated rings. The van der Waals surface area contributed by atoms with Crippen molar-refractivity contribution in [1.29, 1.82) is 0 Å². The number of benzene rings is 3. The lowest BCUT2D eigenvalue weighted by atomic mass is 10.1. The van der Waals surface area contributed by atoms with Crippen molar-refractivity contribution in [2.24, 2.45) is 0 Å². The van der Waals surface area contributed by atoms with Crippen molar-refractivity contribution in [3.63, 3.8) is 0 Å². The van der Waals surface area contributed by atoms with Gasteiger partial charge in [-0.1, -0.05) is 65.7 Å². The predicted octanol–water partition coefficient (Wildman–Crippen LogP) is 6.85. The molecule has 0 aromatic heterocycles. The maximum absolute atomic E-state index is 6.19. The highest BCUT2D eigenvalue weighted by molar-refractivity contribution is 6.30. The third kappa shape index (κ3) is 6.44. The number of rotatable bonds is 7. The smallest absolute Gasteiger partial charge is 0.124 e. The van der Waals surface area contributed by atoms with Crippen LogP contribution in [0, 0.1) is 0 Å². The molecule has 5 heteroatoms. The van der Waals surface area contributed by atoms with Gasteiger partial charge in [0.15, 0.2) is 0 Å². The molecule has 3 aromatic rings. The second-order valence-corrected chi connectivity index (χ2v) is 7.05. The van der Waals surface area contributed by atoms with E-state index >= 15 is 0 Å². The number of hydrogen-bond acceptors (Lipinski definition) is 2. The average molecular weight is 423 g/mol. The fourth-order valence-electron chi connectivity index (χ4n) is 2.69. The molecule has 3 aromatic carbocycles. The van der Waals surface area contributed by atoms with E-state index in [1.807, 2.05) is 60.7 Å². The standard InChI is InChI=1S/C22H21Cl2NO.ClH/c1-16(18-5-3-2-4-6-18)25-14-19-13-21(24)11-12-22(19)26-15-17-7-9-20(23)10-8-17;/h2-13,16,25H,14-15H2,1H3;1H. The van der Waals surface area contributed by atoms with Gasteiger partial charge in [0.1, 0.15) is 12.4 Å². The summed E-state index contributed by atoms with van der Waals surface area (Å²) in [5.74, 6) is 0.831. The Bertz CT molecular complexity index is 838. The van der Waals surface area contributed by atoms with E-state index in [2.05, 4.69) is 24.4 Å². The molecule has 1 unspecified atom stereocenters. The Morgan fingerprint density at radius 2 is 1.56 bits per heavy atom. The van der Waals surface area contributed by atoms with Gasteiger partial charge < -0.3 is 10.1 Å². The summed E-state index contributed by atoms with van der Waals surface area (Å²) in [6.45, 7) is 3.31. The first-order valence-electron chi connectivity index (χ1n) is 8.56. The molecule has 1 N–H and O–H groups in total. The van der Waals surface area contributed by atoms with Gasteiger partial charge in [-0.2, -0.15) is 0 Å². The Kier molecular flexibility index (Phi) is 8.46. The van der Waals surface area contributed by atoms with Gasteiger partial charge in [0.25, 0.3) is 0 Å². The Labute approximate surface area is 176 Å². The van der Waals surface area contributed by atoms with Crippen LogP contribution in [-0.4, -0.2) is 0 Å². The lowest BCUT2D eigenvalue weighted by molar-refractivity contribution is 0.301. The van der Waals surface area contributed by atoms with Gasteiger partial charge in [-0.25, -0.2) is 0 Å². The molecule has 142 valence electrons. The van der Waals surface area contributed by atoms with Crippen LogP contribution in [0.4, 0.5) is 0 Å². The van der Waals surface area contributed by atoms with E-state index in [-0.39, 0.29) is 18.4 Å². The van der Waals surface area contributed by atoms with Crippen molar-refractivity contribution in [2.45, 2.75) is 26.1 Å². The largest absolute Gasteiger partial charge is 0.489 e. The minimum atomic E-state index is 0. The fourth-order valence-corrected chi connectivity index (χ4v) is 3.01. The van der Waals surface area contributed by atoms with E-state index in [9.17, 15) is 0 Å². The monoisotopic (exact) mass is 421 g/mol. The molecule has 0 saturated carbocycles. The second kappa shape index (κ2) is 10.6. The maximum Gasteiger partial charge on any atom is 0.124 e. The van der Waals surface area contributed by atoms with E-state index < -0.39 is 0 Å². The zero-order chi connectivity index (χ0) is 18.4. The Hall–Kier alpha value is -1.71. The average Bonchev–Trinajstić information content (AvgIpc) is 2.67. The van der Waals surface area contributed by atoms with Crippen LogP contribution in [-0.2, 0) is 13.2 Å². The summed E-state index contributed by atoms with van der Waals surface area (Å²) in [4.78, 5) is 0. The number of nitrogens with one attached hydrogen (secondary N) is 1. The first-order chi connectivity index (χ1) is 12.6. The summed E-state index contributed by atoms with van der Waals surface area (Å²) < 4.78 is 6.01. The zero-order valence-electron chi connectivity index (χ0n) is 15.0. The van der Waals surface area contributed by atoms with Gasteiger partial charge in [-0.05, 0) is 48.4 Å².